The lowest BCUT2D eigenvalue weighted by atomic mass is 10.00. The lowest BCUT2D eigenvalue weighted by Gasteiger charge is -2.31. The number of ether oxygens (including phenoxy) is 1. The molecule has 2 N–H and O–H groups in total. The summed E-state index contributed by atoms with van der Waals surface area (Å²) in [5, 5.41) is 6.50. The van der Waals surface area contributed by atoms with Crippen LogP contribution in [0.3, 0.4) is 0 Å². The van der Waals surface area contributed by atoms with Gasteiger partial charge < -0.3 is 20.3 Å². The topological polar surface area (TPSA) is 66.0 Å². The third-order valence-electron chi connectivity index (χ3n) is 5.12. The SMILES string of the molecule is CN=C(NCCCOC(C)c1ccccc1)NCCC(=O)N1CCCC(C)C1.I. The highest BCUT2D eigenvalue weighted by atomic mass is 127. The van der Waals surface area contributed by atoms with Crippen LogP contribution in [0.15, 0.2) is 35.3 Å². The summed E-state index contributed by atoms with van der Waals surface area (Å²) in [6.45, 7) is 8.15. The molecule has 1 aromatic carbocycles. The number of benzene rings is 1. The summed E-state index contributed by atoms with van der Waals surface area (Å²) in [4.78, 5) is 18.5. The number of nitrogens with zero attached hydrogens (tertiary/aromatic N) is 2. The third kappa shape index (κ3) is 9.80. The van der Waals surface area contributed by atoms with Crippen LogP contribution in [0.4, 0.5) is 0 Å². The van der Waals surface area contributed by atoms with Gasteiger partial charge in [-0.2, -0.15) is 0 Å². The average Bonchev–Trinajstić information content (AvgIpc) is 2.72. The monoisotopic (exact) mass is 516 g/mol. The van der Waals surface area contributed by atoms with Gasteiger partial charge in [0, 0.05) is 46.3 Å². The minimum Gasteiger partial charge on any atom is -0.374 e. The van der Waals surface area contributed by atoms with Crippen molar-refractivity contribution < 1.29 is 9.53 Å². The van der Waals surface area contributed by atoms with E-state index in [0.29, 0.717) is 25.5 Å². The number of likely N-dealkylation sites (tertiary alicyclic amines) is 1. The van der Waals surface area contributed by atoms with Crippen molar-refractivity contribution in [3.8, 4) is 0 Å². The second-order valence-corrected chi connectivity index (χ2v) is 7.54. The molecule has 2 atom stereocenters. The molecule has 1 aromatic rings. The summed E-state index contributed by atoms with van der Waals surface area (Å²) in [5.74, 6) is 1.58. The van der Waals surface area contributed by atoms with Crippen molar-refractivity contribution in [2.45, 2.75) is 45.6 Å². The molecule has 1 saturated heterocycles. The van der Waals surface area contributed by atoms with Gasteiger partial charge >= 0.3 is 0 Å². The summed E-state index contributed by atoms with van der Waals surface area (Å²) in [6.07, 6.45) is 3.84. The van der Waals surface area contributed by atoms with Crippen LogP contribution in [0.25, 0.3) is 0 Å². The van der Waals surface area contributed by atoms with Gasteiger partial charge in [0.2, 0.25) is 5.91 Å². The maximum atomic E-state index is 12.3. The van der Waals surface area contributed by atoms with Gasteiger partial charge in [0.15, 0.2) is 5.96 Å². The molecule has 1 fully saturated rings. The van der Waals surface area contributed by atoms with Crippen LogP contribution >= 0.6 is 24.0 Å². The lowest BCUT2D eigenvalue weighted by molar-refractivity contribution is -0.132. The summed E-state index contributed by atoms with van der Waals surface area (Å²) in [7, 11) is 1.75. The van der Waals surface area contributed by atoms with Crippen molar-refractivity contribution in [1.82, 2.24) is 15.5 Å². The first kappa shape index (κ1) is 25.7. The maximum Gasteiger partial charge on any atom is 0.224 e. The molecule has 1 aliphatic rings. The molecule has 0 bridgehead atoms. The Hall–Kier alpha value is -1.35. The molecular formula is C22H37IN4O2. The van der Waals surface area contributed by atoms with E-state index in [9.17, 15) is 4.79 Å². The Bertz CT molecular complexity index is 612. The molecule has 164 valence electrons. The molecule has 0 aliphatic carbocycles. The summed E-state index contributed by atoms with van der Waals surface area (Å²) < 4.78 is 5.88. The smallest absolute Gasteiger partial charge is 0.224 e. The quantitative estimate of drug-likeness (QED) is 0.228. The van der Waals surface area contributed by atoms with Crippen molar-refractivity contribution in [1.29, 1.82) is 0 Å². The highest BCUT2D eigenvalue weighted by Crippen LogP contribution is 2.16. The highest BCUT2D eigenvalue weighted by molar-refractivity contribution is 14.0. The second kappa shape index (κ2) is 14.6. The average molecular weight is 516 g/mol. The van der Waals surface area contributed by atoms with Crippen molar-refractivity contribution in [3.05, 3.63) is 35.9 Å². The molecule has 7 heteroatoms. The van der Waals surface area contributed by atoms with Crippen molar-refractivity contribution >= 4 is 35.8 Å². The number of aliphatic imine (C=N–C) groups is 1. The van der Waals surface area contributed by atoms with E-state index in [1.165, 1.54) is 12.0 Å². The Morgan fingerprint density at radius 2 is 2.00 bits per heavy atom. The van der Waals surface area contributed by atoms with Gasteiger partial charge in [0.05, 0.1) is 6.10 Å². The fourth-order valence-corrected chi connectivity index (χ4v) is 3.44. The molecule has 6 nitrogen and oxygen atoms in total. The molecule has 0 spiro atoms. The zero-order valence-electron chi connectivity index (χ0n) is 18.0. The summed E-state index contributed by atoms with van der Waals surface area (Å²) in [5.41, 5.74) is 1.20. The van der Waals surface area contributed by atoms with Gasteiger partial charge in [0.25, 0.3) is 0 Å². The van der Waals surface area contributed by atoms with Gasteiger partial charge in [-0.05, 0) is 37.7 Å². The fraction of sp³-hybridized carbons (Fsp3) is 0.636. The summed E-state index contributed by atoms with van der Waals surface area (Å²) >= 11 is 0. The predicted octanol–water partition coefficient (Wildman–Crippen LogP) is 3.59. The summed E-state index contributed by atoms with van der Waals surface area (Å²) in [6, 6.07) is 10.2. The minimum atomic E-state index is 0. The first-order valence-corrected chi connectivity index (χ1v) is 10.5. The van der Waals surface area contributed by atoms with Crippen LogP contribution < -0.4 is 10.6 Å². The fourth-order valence-electron chi connectivity index (χ4n) is 3.44. The Balaban J connectivity index is 0.00000420. The van der Waals surface area contributed by atoms with Crippen LogP contribution in [0.2, 0.25) is 0 Å². The number of rotatable bonds is 9. The highest BCUT2D eigenvalue weighted by Gasteiger charge is 2.20. The van der Waals surface area contributed by atoms with Crippen LogP contribution in [0.1, 0.15) is 51.2 Å². The minimum absolute atomic E-state index is 0. The Morgan fingerprint density at radius 1 is 1.28 bits per heavy atom. The van der Waals surface area contributed by atoms with Crippen LogP contribution in [0, 0.1) is 5.92 Å². The van der Waals surface area contributed by atoms with Crippen molar-refractivity contribution in [3.63, 3.8) is 0 Å². The molecule has 1 amide bonds. The Kier molecular flexibility index (Phi) is 12.9. The first-order chi connectivity index (χ1) is 13.6. The number of guanidine groups is 1. The van der Waals surface area contributed by atoms with E-state index in [4.69, 9.17) is 4.74 Å². The molecular weight excluding hydrogens is 479 g/mol. The number of halogens is 1. The second-order valence-electron chi connectivity index (χ2n) is 7.54. The number of hydrogen-bond donors (Lipinski definition) is 2. The van der Waals surface area contributed by atoms with E-state index in [1.807, 2.05) is 23.1 Å². The number of carbonyl (C=O) groups excluding carboxylic acids is 1. The van der Waals surface area contributed by atoms with E-state index in [2.05, 4.69) is 41.6 Å². The van der Waals surface area contributed by atoms with E-state index >= 15 is 0 Å². The molecule has 2 unspecified atom stereocenters. The van der Waals surface area contributed by atoms with Crippen LogP contribution in [-0.4, -0.2) is 56.6 Å². The molecule has 29 heavy (non-hydrogen) atoms. The number of piperidine rings is 1. The van der Waals surface area contributed by atoms with E-state index in [-0.39, 0.29) is 36.0 Å². The largest absolute Gasteiger partial charge is 0.374 e. The number of nitrogens with one attached hydrogen (secondary N) is 2. The Morgan fingerprint density at radius 3 is 2.69 bits per heavy atom. The standard InChI is InChI=1S/C22H36N4O2.HI/c1-18-9-7-15-26(17-18)21(27)12-14-25-22(23-3)24-13-8-16-28-19(2)20-10-5-4-6-11-20;/h4-6,10-11,18-19H,7-9,12-17H2,1-3H3,(H2,23,24,25);1H. The Labute approximate surface area is 192 Å². The molecule has 1 heterocycles. The van der Waals surface area contributed by atoms with E-state index < -0.39 is 0 Å². The van der Waals surface area contributed by atoms with E-state index in [0.717, 1.165) is 38.4 Å². The molecule has 0 saturated carbocycles. The zero-order chi connectivity index (χ0) is 20.2. The normalized spacial score (nSPS) is 18.0. The molecule has 0 radical (unpaired) electrons. The zero-order valence-corrected chi connectivity index (χ0v) is 20.4. The van der Waals surface area contributed by atoms with Crippen LogP contribution in [0.5, 0.6) is 0 Å². The first-order valence-electron chi connectivity index (χ1n) is 10.5. The maximum absolute atomic E-state index is 12.3. The number of amides is 1. The van der Waals surface area contributed by atoms with Gasteiger partial charge in [-0.1, -0.05) is 37.3 Å². The van der Waals surface area contributed by atoms with Crippen LogP contribution in [-0.2, 0) is 9.53 Å². The third-order valence-corrected chi connectivity index (χ3v) is 5.12. The molecule has 0 aromatic heterocycles. The molecule has 2 rings (SSSR count). The number of carbonyl (C=O) groups is 1. The lowest BCUT2D eigenvalue weighted by Crippen LogP contribution is -2.42. The number of hydrogen-bond acceptors (Lipinski definition) is 3. The van der Waals surface area contributed by atoms with Gasteiger partial charge in [0.1, 0.15) is 0 Å². The predicted molar refractivity (Wildman–Crippen MR) is 130 cm³/mol. The van der Waals surface area contributed by atoms with Crippen molar-refractivity contribution in [2.75, 3.05) is 39.8 Å². The van der Waals surface area contributed by atoms with Gasteiger partial charge in [-0.25, -0.2) is 0 Å². The van der Waals surface area contributed by atoms with Crippen molar-refractivity contribution in [2.24, 2.45) is 10.9 Å². The molecule has 1 aliphatic heterocycles. The van der Waals surface area contributed by atoms with E-state index in [1.54, 1.807) is 7.05 Å². The van der Waals surface area contributed by atoms with Gasteiger partial charge in [-0.3, -0.25) is 9.79 Å². The van der Waals surface area contributed by atoms with Gasteiger partial charge in [-0.15, -0.1) is 24.0 Å².